The quantitative estimate of drug-likeness (QED) is 0.392. The second kappa shape index (κ2) is 10.6. The Bertz CT molecular complexity index is 1140. The summed E-state index contributed by atoms with van der Waals surface area (Å²) in [7, 11) is 0.498. The number of carbonyl (C=O) groups is 2. The standard InChI is InChI=1S/C25H24ClNO4S/c1-3-4-15-32(31)23-14-7-18(16-22(23)25(29)30)24(28)17-5-10-20(11-6-17)27(2)21-12-8-19(26)9-13-21/h5-14,16H,3-4,15H2,1-2H3,(H,29,30). The van der Waals surface area contributed by atoms with E-state index in [0.29, 0.717) is 16.3 Å². The van der Waals surface area contributed by atoms with Gasteiger partial charge in [-0.1, -0.05) is 24.9 Å². The normalized spacial score (nSPS) is 11.7. The fourth-order valence-corrected chi connectivity index (χ4v) is 4.75. The molecule has 1 unspecified atom stereocenters. The zero-order valence-corrected chi connectivity index (χ0v) is 19.4. The van der Waals surface area contributed by atoms with Gasteiger partial charge in [0.15, 0.2) is 5.78 Å². The molecule has 0 fully saturated rings. The molecule has 3 aromatic carbocycles. The van der Waals surface area contributed by atoms with Crippen molar-refractivity contribution < 1.29 is 18.9 Å². The molecular formula is C25H24ClNO4S. The van der Waals surface area contributed by atoms with Crippen molar-refractivity contribution in [2.45, 2.75) is 24.7 Å². The second-order valence-corrected chi connectivity index (χ2v) is 9.31. The van der Waals surface area contributed by atoms with Crippen LogP contribution in [0.4, 0.5) is 11.4 Å². The third-order valence-corrected chi connectivity index (χ3v) is 6.89. The van der Waals surface area contributed by atoms with Crippen LogP contribution in [0, 0.1) is 0 Å². The molecule has 0 aliphatic carbocycles. The largest absolute Gasteiger partial charge is 0.478 e. The number of carboxylic acids is 1. The molecule has 3 rings (SSSR count). The fourth-order valence-electron chi connectivity index (χ4n) is 3.24. The Hall–Kier alpha value is -2.96. The molecular weight excluding hydrogens is 446 g/mol. The molecule has 0 saturated heterocycles. The Morgan fingerprint density at radius 3 is 2.06 bits per heavy atom. The van der Waals surface area contributed by atoms with E-state index in [1.165, 1.54) is 12.1 Å². The highest BCUT2D eigenvalue weighted by Gasteiger charge is 2.19. The van der Waals surface area contributed by atoms with Crippen LogP contribution in [0.3, 0.4) is 0 Å². The molecule has 166 valence electrons. The highest BCUT2D eigenvalue weighted by Crippen LogP contribution is 2.26. The van der Waals surface area contributed by atoms with Crippen LogP contribution in [-0.2, 0) is 10.8 Å². The van der Waals surface area contributed by atoms with Crippen LogP contribution in [0.1, 0.15) is 46.0 Å². The Kier molecular flexibility index (Phi) is 7.83. The molecule has 1 N–H and O–H groups in total. The lowest BCUT2D eigenvalue weighted by atomic mass is 10.0. The number of anilines is 2. The summed E-state index contributed by atoms with van der Waals surface area (Å²) in [5.41, 5.74) is 2.43. The van der Waals surface area contributed by atoms with Crippen molar-refractivity contribution in [2.24, 2.45) is 0 Å². The summed E-state index contributed by atoms with van der Waals surface area (Å²) < 4.78 is 12.5. The van der Waals surface area contributed by atoms with Gasteiger partial charge in [0.05, 0.1) is 21.3 Å². The Morgan fingerprint density at radius 1 is 0.938 bits per heavy atom. The van der Waals surface area contributed by atoms with Gasteiger partial charge < -0.3 is 10.0 Å². The van der Waals surface area contributed by atoms with Gasteiger partial charge in [-0.05, 0) is 73.2 Å². The average molecular weight is 470 g/mol. The van der Waals surface area contributed by atoms with Crippen LogP contribution >= 0.6 is 11.6 Å². The van der Waals surface area contributed by atoms with E-state index in [0.717, 1.165) is 24.2 Å². The predicted molar refractivity (Wildman–Crippen MR) is 129 cm³/mol. The number of hydrogen-bond donors (Lipinski definition) is 1. The molecule has 0 saturated carbocycles. The molecule has 32 heavy (non-hydrogen) atoms. The highest BCUT2D eigenvalue weighted by atomic mass is 35.5. The number of unbranched alkanes of at least 4 members (excludes halogenated alkanes) is 1. The number of carbonyl (C=O) groups excluding carboxylic acids is 1. The van der Waals surface area contributed by atoms with Crippen molar-refractivity contribution in [3.8, 4) is 0 Å². The molecule has 0 amide bonds. The summed E-state index contributed by atoms with van der Waals surface area (Å²) in [4.78, 5) is 26.9. The van der Waals surface area contributed by atoms with Gasteiger partial charge >= 0.3 is 5.97 Å². The third-order valence-electron chi connectivity index (χ3n) is 5.13. The smallest absolute Gasteiger partial charge is 0.336 e. The van der Waals surface area contributed by atoms with Crippen molar-refractivity contribution in [1.29, 1.82) is 0 Å². The van der Waals surface area contributed by atoms with E-state index in [2.05, 4.69) is 0 Å². The number of aromatic carboxylic acids is 1. The molecule has 0 bridgehead atoms. The fraction of sp³-hybridized carbons (Fsp3) is 0.200. The molecule has 0 heterocycles. The number of rotatable bonds is 9. The number of nitrogens with zero attached hydrogens (tertiary/aromatic N) is 1. The van der Waals surface area contributed by atoms with E-state index in [1.807, 2.05) is 55.3 Å². The zero-order chi connectivity index (χ0) is 23.3. The minimum Gasteiger partial charge on any atom is -0.478 e. The lowest BCUT2D eigenvalue weighted by Gasteiger charge is -2.19. The molecule has 7 heteroatoms. The van der Waals surface area contributed by atoms with Gasteiger partial charge in [0, 0.05) is 40.3 Å². The highest BCUT2D eigenvalue weighted by molar-refractivity contribution is 7.85. The van der Waals surface area contributed by atoms with Gasteiger partial charge in [-0.25, -0.2) is 4.79 Å². The molecule has 0 spiro atoms. The second-order valence-electron chi connectivity index (χ2n) is 7.33. The van der Waals surface area contributed by atoms with Gasteiger partial charge in [0.2, 0.25) is 0 Å². The van der Waals surface area contributed by atoms with Crippen molar-refractivity contribution in [3.05, 3.63) is 88.4 Å². The Balaban J connectivity index is 1.84. The van der Waals surface area contributed by atoms with Crippen LogP contribution < -0.4 is 4.90 Å². The molecule has 3 aromatic rings. The summed E-state index contributed by atoms with van der Waals surface area (Å²) in [6, 6.07) is 18.8. The molecule has 0 aromatic heterocycles. The van der Waals surface area contributed by atoms with Crippen LogP contribution in [0.2, 0.25) is 5.02 Å². The summed E-state index contributed by atoms with van der Waals surface area (Å²) in [6.07, 6.45) is 1.61. The molecule has 0 radical (unpaired) electrons. The van der Waals surface area contributed by atoms with E-state index in [-0.39, 0.29) is 21.8 Å². The first kappa shape index (κ1) is 23.7. The topological polar surface area (TPSA) is 74.7 Å². The number of halogens is 1. The van der Waals surface area contributed by atoms with Crippen molar-refractivity contribution in [1.82, 2.24) is 0 Å². The first-order valence-corrected chi connectivity index (χ1v) is 11.9. The van der Waals surface area contributed by atoms with Crippen molar-refractivity contribution in [3.63, 3.8) is 0 Å². The molecule has 0 aliphatic rings. The maximum Gasteiger partial charge on any atom is 0.336 e. The Morgan fingerprint density at radius 2 is 1.50 bits per heavy atom. The number of ketones is 1. The third kappa shape index (κ3) is 5.44. The number of hydrogen-bond acceptors (Lipinski definition) is 4. The number of benzene rings is 3. The van der Waals surface area contributed by atoms with E-state index >= 15 is 0 Å². The maximum atomic E-state index is 13.0. The minimum absolute atomic E-state index is 0.0932. The molecule has 1 atom stereocenters. The Labute approximate surface area is 195 Å². The summed E-state index contributed by atoms with van der Waals surface area (Å²) in [5, 5.41) is 10.2. The van der Waals surface area contributed by atoms with Crippen molar-refractivity contribution >= 4 is 45.5 Å². The number of carboxylic acid groups (broad SMARTS) is 1. The minimum atomic E-state index is -1.42. The predicted octanol–water partition coefficient (Wildman–Crippen LogP) is 5.94. The molecule has 5 nitrogen and oxygen atoms in total. The summed E-state index contributed by atoms with van der Waals surface area (Å²) >= 11 is 5.95. The van der Waals surface area contributed by atoms with E-state index in [1.54, 1.807) is 18.2 Å². The zero-order valence-electron chi connectivity index (χ0n) is 17.9. The van der Waals surface area contributed by atoms with Gasteiger partial charge in [-0.15, -0.1) is 0 Å². The van der Waals surface area contributed by atoms with Crippen LogP contribution in [0.25, 0.3) is 0 Å². The van der Waals surface area contributed by atoms with Crippen LogP contribution in [0.15, 0.2) is 71.6 Å². The van der Waals surface area contributed by atoms with Crippen LogP contribution in [-0.4, -0.2) is 33.9 Å². The van der Waals surface area contributed by atoms with Gasteiger partial charge in [-0.2, -0.15) is 0 Å². The van der Waals surface area contributed by atoms with Gasteiger partial charge in [0.1, 0.15) is 0 Å². The average Bonchev–Trinajstić information content (AvgIpc) is 2.81. The lowest BCUT2D eigenvalue weighted by Crippen LogP contribution is -2.11. The summed E-state index contributed by atoms with van der Waals surface area (Å²) in [5.74, 6) is -1.09. The summed E-state index contributed by atoms with van der Waals surface area (Å²) in [6.45, 7) is 1.98. The first-order valence-electron chi connectivity index (χ1n) is 10.2. The molecule has 0 aliphatic heterocycles. The monoisotopic (exact) mass is 469 g/mol. The lowest BCUT2D eigenvalue weighted by molar-refractivity contribution is 0.0693. The van der Waals surface area contributed by atoms with E-state index in [9.17, 15) is 18.9 Å². The van der Waals surface area contributed by atoms with Crippen LogP contribution in [0.5, 0.6) is 0 Å². The maximum absolute atomic E-state index is 13.0. The van der Waals surface area contributed by atoms with Gasteiger partial charge in [0.25, 0.3) is 0 Å². The van der Waals surface area contributed by atoms with E-state index in [4.69, 9.17) is 11.6 Å². The first-order chi connectivity index (χ1) is 15.3. The SMILES string of the molecule is CCCCS(=O)c1ccc(C(=O)c2ccc(N(C)c3ccc(Cl)cc3)cc2)cc1C(=O)O. The van der Waals surface area contributed by atoms with E-state index < -0.39 is 16.8 Å². The van der Waals surface area contributed by atoms with Gasteiger partial charge in [-0.3, -0.25) is 9.00 Å². The van der Waals surface area contributed by atoms with Crippen molar-refractivity contribution in [2.75, 3.05) is 17.7 Å².